The molecule has 44 heavy (non-hydrogen) atoms. The topological polar surface area (TPSA) is 146 Å². The Kier molecular flexibility index (Phi) is 6.89. The molecular formula is C35H56O9. The zero-order valence-corrected chi connectivity index (χ0v) is 27.7. The van der Waals surface area contributed by atoms with Gasteiger partial charge in [0, 0.05) is 17.8 Å². The minimum atomic E-state index is -1.31. The number of fused-ring (bicyclic) bond motifs is 2. The normalized spacial score (nSPS) is 58.1. The standard InChI is InChI=1S/C35H56O9/c1-29(2)20-8-9-21-31(5)14-18(36)27(32(6)12-10-24(44-32)30(3,4)41)33(31,7)22(38)15-35(21)17-34(20,35)13-11-23(29)43-28-26(40)25(39)19(37)16-42-28/h18-21,23-28,36-37,39-41H,8-17H2,1-7H3. The molecule has 9 heteroatoms. The fraction of sp³-hybridized carbons (Fsp3) is 0.971. The van der Waals surface area contributed by atoms with Gasteiger partial charge in [-0.15, -0.1) is 0 Å². The van der Waals surface area contributed by atoms with Gasteiger partial charge in [-0.1, -0.05) is 27.7 Å². The summed E-state index contributed by atoms with van der Waals surface area (Å²) in [6, 6.07) is 0. The summed E-state index contributed by atoms with van der Waals surface area (Å²) < 4.78 is 18.7. The fourth-order valence-corrected chi connectivity index (χ4v) is 13.1. The lowest BCUT2D eigenvalue weighted by Gasteiger charge is -2.63. The van der Waals surface area contributed by atoms with Crippen molar-refractivity contribution in [3.8, 4) is 0 Å². The predicted molar refractivity (Wildman–Crippen MR) is 160 cm³/mol. The van der Waals surface area contributed by atoms with E-state index in [1.165, 1.54) is 0 Å². The SMILES string of the molecule is CC(C)(O)C1CCC(C)(C2C(O)CC3(C)C4CCC5C(C)(C)C(OC6OCC(O)C(O)C6O)CCC56CC46CC(=O)C23C)O1. The van der Waals surface area contributed by atoms with E-state index in [9.17, 15) is 30.3 Å². The van der Waals surface area contributed by atoms with Gasteiger partial charge in [0.2, 0.25) is 0 Å². The van der Waals surface area contributed by atoms with E-state index in [1.54, 1.807) is 13.8 Å². The number of ketones is 1. The van der Waals surface area contributed by atoms with Gasteiger partial charge in [0.25, 0.3) is 0 Å². The summed E-state index contributed by atoms with van der Waals surface area (Å²) >= 11 is 0. The van der Waals surface area contributed by atoms with E-state index in [2.05, 4.69) is 34.6 Å². The van der Waals surface area contributed by atoms with Gasteiger partial charge in [-0.25, -0.2) is 0 Å². The molecule has 0 aromatic carbocycles. The maximum absolute atomic E-state index is 14.7. The molecule has 9 nitrogen and oxygen atoms in total. The van der Waals surface area contributed by atoms with E-state index in [0.29, 0.717) is 31.1 Å². The van der Waals surface area contributed by atoms with Crippen molar-refractivity contribution in [2.75, 3.05) is 6.61 Å². The average Bonchev–Trinajstić information content (AvgIpc) is 3.28. The van der Waals surface area contributed by atoms with Crippen molar-refractivity contribution in [3.63, 3.8) is 0 Å². The van der Waals surface area contributed by atoms with Crippen LogP contribution in [0.1, 0.15) is 106 Å². The number of carbonyl (C=O) groups is 1. The molecule has 0 aromatic rings. The molecule has 5 saturated carbocycles. The first-order valence-corrected chi connectivity index (χ1v) is 17.2. The average molecular weight is 621 g/mol. The highest BCUT2D eigenvalue weighted by molar-refractivity contribution is 5.89. The lowest BCUT2D eigenvalue weighted by Crippen LogP contribution is -2.63. The first-order valence-electron chi connectivity index (χ1n) is 17.2. The first-order chi connectivity index (χ1) is 20.3. The number of rotatable bonds is 4. The van der Waals surface area contributed by atoms with Crippen molar-refractivity contribution < 1.29 is 44.5 Å². The second-order valence-corrected chi connectivity index (χ2v) is 18.0. The predicted octanol–water partition coefficient (Wildman–Crippen LogP) is 3.11. The van der Waals surface area contributed by atoms with Crippen LogP contribution in [-0.4, -0.2) is 92.0 Å². The summed E-state index contributed by atoms with van der Waals surface area (Å²) in [4.78, 5) is 14.7. The summed E-state index contributed by atoms with van der Waals surface area (Å²) in [6.45, 7) is 14.5. The van der Waals surface area contributed by atoms with Crippen LogP contribution in [0.2, 0.25) is 0 Å². The molecule has 2 spiro atoms. The number of aliphatic hydroxyl groups excluding tert-OH is 4. The zero-order chi connectivity index (χ0) is 32.0. The Balaban J connectivity index is 1.16. The van der Waals surface area contributed by atoms with Crippen LogP contribution in [0, 0.1) is 44.8 Å². The molecule has 0 aromatic heterocycles. The number of hydrogen-bond acceptors (Lipinski definition) is 9. The summed E-state index contributed by atoms with van der Waals surface area (Å²) in [5.41, 5.74) is -3.00. The van der Waals surface area contributed by atoms with Gasteiger partial charge >= 0.3 is 0 Å². The van der Waals surface area contributed by atoms with Crippen LogP contribution >= 0.6 is 0 Å². The highest BCUT2D eigenvalue weighted by Gasteiger charge is 2.85. The Labute approximate surface area is 262 Å². The Bertz CT molecular complexity index is 1200. The van der Waals surface area contributed by atoms with Crippen LogP contribution in [-0.2, 0) is 19.0 Å². The van der Waals surface area contributed by atoms with E-state index in [1.807, 2.05) is 0 Å². The Morgan fingerprint density at radius 3 is 2.20 bits per heavy atom. The van der Waals surface area contributed by atoms with Crippen molar-refractivity contribution in [2.24, 2.45) is 44.8 Å². The summed E-state index contributed by atoms with van der Waals surface area (Å²) in [5, 5.41) is 53.3. The second kappa shape index (κ2) is 9.49. The largest absolute Gasteiger partial charge is 0.393 e. The van der Waals surface area contributed by atoms with E-state index < -0.39 is 47.3 Å². The van der Waals surface area contributed by atoms with Crippen LogP contribution in [0.3, 0.4) is 0 Å². The van der Waals surface area contributed by atoms with Crippen LogP contribution in [0.4, 0.5) is 0 Å². The lowest BCUT2D eigenvalue weighted by molar-refractivity contribution is -0.302. The minimum Gasteiger partial charge on any atom is -0.393 e. The van der Waals surface area contributed by atoms with Crippen molar-refractivity contribution in [2.45, 2.75) is 160 Å². The van der Waals surface area contributed by atoms with Crippen molar-refractivity contribution in [3.05, 3.63) is 0 Å². The number of aliphatic hydroxyl groups is 5. The molecule has 5 aliphatic carbocycles. The van der Waals surface area contributed by atoms with Gasteiger partial charge in [-0.2, -0.15) is 0 Å². The van der Waals surface area contributed by atoms with E-state index in [4.69, 9.17) is 14.2 Å². The maximum atomic E-state index is 14.7. The molecule has 15 unspecified atom stereocenters. The molecule has 0 radical (unpaired) electrons. The van der Waals surface area contributed by atoms with E-state index in [0.717, 1.165) is 38.5 Å². The maximum Gasteiger partial charge on any atom is 0.186 e. The molecule has 7 fully saturated rings. The summed E-state index contributed by atoms with van der Waals surface area (Å²) in [5.74, 6) is 0.625. The molecule has 5 N–H and O–H groups in total. The van der Waals surface area contributed by atoms with Crippen LogP contribution in [0.5, 0.6) is 0 Å². The van der Waals surface area contributed by atoms with Crippen LogP contribution in [0.15, 0.2) is 0 Å². The summed E-state index contributed by atoms with van der Waals surface area (Å²) in [6.07, 6.45) is 1.45. The molecule has 250 valence electrons. The third kappa shape index (κ3) is 3.84. The molecule has 7 aliphatic rings. The second-order valence-electron chi connectivity index (χ2n) is 18.0. The quantitative estimate of drug-likeness (QED) is 0.299. The third-order valence-corrected chi connectivity index (χ3v) is 15.3. The monoisotopic (exact) mass is 620 g/mol. The Morgan fingerprint density at radius 2 is 1.55 bits per heavy atom. The molecule has 2 aliphatic heterocycles. The fourth-order valence-electron chi connectivity index (χ4n) is 13.1. The smallest absolute Gasteiger partial charge is 0.186 e. The molecule has 0 amide bonds. The molecule has 0 bridgehead atoms. The third-order valence-electron chi connectivity index (χ3n) is 15.3. The lowest BCUT2D eigenvalue weighted by atomic mass is 9.41. The van der Waals surface area contributed by atoms with Gasteiger partial charge in [0.15, 0.2) is 6.29 Å². The molecule has 7 rings (SSSR count). The van der Waals surface area contributed by atoms with Crippen molar-refractivity contribution >= 4 is 5.78 Å². The van der Waals surface area contributed by atoms with Crippen LogP contribution < -0.4 is 0 Å². The number of ether oxygens (including phenoxy) is 3. The van der Waals surface area contributed by atoms with Gasteiger partial charge in [0.1, 0.15) is 24.1 Å². The van der Waals surface area contributed by atoms with Gasteiger partial charge in [0.05, 0.1) is 36.1 Å². The van der Waals surface area contributed by atoms with Gasteiger partial charge < -0.3 is 39.7 Å². The van der Waals surface area contributed by atoms with Gasteiger partial charge in [-0.3, -0.25) is 4.79 Å². The van der Waals surface area contributed by atoms with Crippen molar-refractivity contribution in [1.82, 2.24) is 0 Å². The zero-order valence-electron chi connectivity index (χ0n) is 27.7. The molecular weight excluding hydrogens is 564 g/mol. The van der Waals surface area contributed by atoms with Gasteiger partial charge in [-0.05, 0) is 106 Å². The minimum absolute atomic E-state index is 0.0455. The number of carbonyl (C=O) groups excluding carboxylic acids is 1. The molecule has 2 heterocycles. The highest BCUT2D eigenvalue weighted by Crippen LogP contribution is 2.88. The Morgan fingerprint density at radius 1 is 0.864 bits per heavy atom. The summed E-state index contributed by atoms with van der Waals surface area (Å²) in [7, 11) is 0. The van der Waals surface area contributed by atoms with Crippen LogP contribution in [0.25, 0.3) is 0 Å². The molecule has 15 atom stereocenters. The highest BCUT2D eigenvalue weighted by atomic mass is 16.7. The van der Waals surface area contributed by atoms with E-state index >= 15 is 0 Å². The molecule has 2 saturated heterocycles. The number of hydrogen-bond donors (Lipinski definition) is 5. The van der Waals surface area contributed by atoms with E-state index in [-0.39, 0.29) is 52.2 Å². The number of Topliss-reactive ketones (excluding diaryl/α,β-unsaturated/α-hetero) is 1. The Hall–Kier alpha value is -0.650. The van der Waals surface area contributed by atoms with Crippen molar-refractivity contribution in [1.29, 1.82) is 0 Å². The first kappa shape index (κ1) is 31.9.